The Kier molecular flexibility index (Phi) is 6.94. The van der Waals surface area contributed by atoms with Gasteiger partial charge in [0.1, 0.15) is 17.2 Å². The Morgan fingerprint density at radius 3 is 2.51 bits per heavy atom. The summed E-state index contributed by atoms with van der Waals surface area (Å²) in [5.74, 6) is -3.45. The lowest BCUT2D eigenvalue weighted by molar-refractivity contribution is -0.147. The zero-order valence-corrected chi connectivity index (χ0v) is 19.9. The number of hydrogen-bond donors (Lipinski definition) is 2. The summed E-state index contributed by atoms with van der Waals surface area (Å²) >= 11 is 6.07. The third-order valence-corrected chi connectivity index (χ3v) is 5.40. The quantitative estimate of drug-likeness (QED) is 0.363. The Labute approximate surface area is 211 Å². The van der Waals surface area contributed by atoms with E-state index >= 15 is 0 Å². The maximum absolute atomic E-state index is 14.6. The zero-order valence-electron chi connectivity index (χ0n) is 19.1. The van der Waals surface area contributed by atoms with Gasteiger partial charge >= 0.3 is 6.18 Å². The highest BCUT2D eigenvalue weighted by Crippen LogP contribution is 2.28. The van der Waals surface area contributed by atoms with Crippen molar-refractivity contribution in [3.8, 4) is 5.69 Å². The third kappa shape index (κ3) is 5.28. The number of amides is 2. The molecule has 0 bridgehead atoms. The van der Waals surface area contributed by atoms with Crippen LogP contribution in [0.15, 0.2) is 42.5 Å². The van der Waals surface area contributed by atoms with Crippen molar-refractivity contribution < 1.29 is 27.2 Å². The molecule has 0 aliphatic rings. The second-order valence-corrected chi connectivity index (χ2v) is 8.16. The van der Waals surface area contributed by atoms with E-state index in [0.717, 1.165) is 10.7 Å². The minimum Gasteiger partial charge on any atom is -0.355 e. The molecule has 0 unspecified atom stereocenters. The van der Waals surface area contributed by atoms with E-state index in [1.54, 1.807) is 6.92 Å². The van der Waals surface area contributed by atoms with E-state index in [2.05, 4.69) is 31.3 Å². The fraction of sp³-hybridized carbons (Fsp3) is 0.182. The fourth-order valence-corrected chi connectivity index (χ4v) is 3.82. The molecule has 37 heavy (non-hydrogen) atoms. The molecule has 2 heterocycles. The van der Waals surface area contributed by atoms with Crippen LogP contribution in [0.5, 0.6) is 0 Å². The van der Waals surface area contributed by atoms with Crippen LogP contribution in [0.4, 0.5) is 23.2 Å². The minimum atomic E-state index is -4.83. The molecule has 0 aliphatic carbocycles. The molecule has 2 aromatic carbocycles. The highest BCUT2D eigenvalue weighted by Gasteiger charge is 2.38. The van der Waals surface area contributed by atoms with Gasteiger partial charge in [0.2, 0.25) is 0 Å². The molecule has 0 saturated heterocycles. The second-order valence-electron chi connectivity index (χ2n) is 7.72. The number of nitrogens with zero attached hydrogens (tertiary/aromatic N) is 6. The predicted molar refractivity (Wildman–Crippen MR) is 123 cm³/mol. The van der Waals surface area contributed by atoms with E-state index in [9.17, 15) is 27.2 Å². The van der Waals surface area contributed by atoms with Crippen LogP contribution in [0, 0.1) is 12.7 Å². The van der Waals surface area contributed by atoms with Crippen LogP contribution < -0.4 is 10.6 Å². The Hall–Kier alpha value is -4.33. The number of benzene rings is 2. The average molecular weight is 537 g/mol. The maximum Gasteiger partial charge on any atom is 0.453 e. The van der Waals surface area contributed by atoms with Gasteiger partial charge in [0.15, 0.2) is 0 Å². The number of para-hydroxylation sites is 1. The van der Waals surface area contributed by atoms with Crippen LogP contribution in [-0.2, 0) is 12.7 Å². The predicted octanol–water partition coefficient (Wildman–Crippen LogP) is 3.64. The maximum atomic E-state index is 14.6. The van der Waals surface area contributed by atoms with Crippen molar-refractivity contribution in [2.45, 2.75) is 19.6 Å². The second kappa shape index (κ2) is 9.97. The Morgan fingerprint density at radius 1 is 1.11 bits per heavy atom. The van der Waals surface area contributed by atoms with Gasteiger partial charge in [0.25, 0.3) is 17.6 Å². The summed E-state index contributed by atoms with van der Waals surface area (Å²) in [5, 5.41) is 18.8. The number of rotatable bonds is 6. The molecule has 0 saturated carbocycles. The number of tetrazole rings is 1. The molecule has 15 heteroatoms. The van der Waals surface area contributed by atoms with Crippen molar-refractivity contribution >= 4 is 29.1 Å². The zero-order chi connectivity index (χ0) is 26.9. The van der Waals surface area contributed by atoms with Crippen molar-refractivity contribution in [1.82, 2.24) is 35.3 Å². The van der Waals surface area contributed by atoms with Gasteiger partial charge in [-0.2, -0.15) is 18.3 Å². The van der Waals surface area contributed by atoms with Gasteiger partial charge in [-0.25, -0.2) is 13.8 Å². The van der Waals surface area contributed by atoms with E-state index in [1.165, 1.54) is 43.4 Å². The summed E-state index contributed by atoms with van der Waals surface area (Å²) in [6.07, 6.45) is -4.83. The summed E-state index contributed by atoms with van der Waals surface area (Å²) in [4.78, 5) is 25.8. The van der Waals surface area contributed by atoms with Crippen LogP contribution in [0.1, 0.15) is 37.9 Å². The molecule has 0 atom stereocenters. The molecular weight excluding hydrogens is 520 g/mol. The molecule has 192 valence electrons. The number of halogens is 5. The molecule has 2 N–H and O–H groups in total. The van der Waals surface area contributed by atoms with E-state index < -0.39 is 36.2 Å². The smallest absolute Gasteiger partial charge is 0.355 e. The highest BCUT2D eigenvalue weighted by molar-refractivity contribution is 6.31. The lowest BCUT2D eigenvalue weighted by atomic mass is 10.1. The van der Waals surface area contributed by atoms with Gasteiger partial charge < -0.3 is 10.6 Å². The van der Waals surface area contributed by atoms with Gasteiger partial charge in [0, 0.05) is 12.1 Å². The Balaban J connectivity index is 1.78. The van der Waals surface area contributed by atoms with Gasteiger partial charge in [-0.1, -0.05) is 23.7 Å². The minimum absolute atomic E-state index is 0.0643. The number of alkyl halides is 3. The number of carbonyl (C=O) groups excluding carboxylic acids is 2. The third-order valence-electron chi connectivity index (χ3n) is 5.18. The first kappa shape index (κ1) is 25.8. The summed E-state index contributed by atoms with van der Waals surface area (Å²) in [5.41, 5.74) is 0.244. The van der Waals surface area contributed by atoms with Gasteiger partial charge in [-0.3, -0.25) is 9.59 Å². The van der Waals surface area contributed by atoms with E-state index in [0.29, 0.717) is 10.2 Å². The van der Waals surface area contributed by atoms with Crippen molar-refractivity contribution in [2.24, 2.45) is 0 Å². The van der Waals surface area contributed by atoms with Crippen LogP contribution >= 0.6 is 11.6 Å². The van der Waals surface area contributed by atoms with Crippen LogP contribution in [-0.4, -0.2) is 48.8 Å². The SMILES string of the molecule is CNC(=O)c1cc(Cl)cc(C)c1NC(=O)c1cc(Cn2nnnc2C(F)(F)F)nn1-c1ccccc1F. The molecule has 4 aromatic rings. The molecule has 2 amide bonds. The summed E-state index contributed by atoms with van der Waals surface area (Å²) in [6.45, 7) is 1.05. The average Bonchev–Trinajstić information content (AvgIpc) is 3.48. The first-order valence-corrected chi connectivity index (χ1v) is 10.9. The van der Waals surface area contributed by atoms with Crippen LogP contribution in [0.25, 0.3) is 5.69 Å². The summed E-state index contributed by atoms with van der Waals surface area (Å²) < 4.78 is 55.7. The largest absolute Gasteiger partial charge is 0.453 e. The van der Waals surface area contributed by atoms with Crippen LogP contribution in [0.3, 0.4) is 0 Å². The normalized spacial score (nSPS) is 11.4. The number of aromatic nitrogens is 6. The van der Waals surface area contributed by atoms with Gasteiger partial charge in [-0.05, 0) is 53.2 Å². The molecule has 0 spiro atoms. The van der Waals surface area contributed by atoms with Crippen LogP contribution in [0.2, 0.25) is 5.02 Å². The number of anilines is 1. The molecule has 2 aromatic heterocycles. The highest BCUT2D eigenvalue weighted by atomic mass is 35.5. The Bertz CT molecular complexity index is 1500. The molecule has 4 rings (SSSR count). The molecule has 0 radical (unpaired) electrons. The standard InChI is InChI=1S/C22H17ClF4N8O2/c1-11-7-12(23)8-14(19(36)28-2)18(11)29-20(37)17-9-13(10-34-21(22(25,26)27)30-32-33-34)31-35(17)16-6-4-3-5-15(16)24/h3-9H,10H2,1-2H3,(H,28,36)(H,29,37). The van der Waals surface area contributed by atoms with Gasteiger partial charge in [-0.15, -0.1) is 5.10 Å². The van der Waals surface area contributed by atoms with E-state index in [1.807, 2.05) is 0 Å². The fourth-order valence-electron chi connectivity index (χ4n) is 3.54. The molecule has 0 fully saturated rings. The van der Waals surface area contributed by atoms with E-state index in [4.69, 9.17) is 11.6 Å². The summed E-state index contributed by atoms with van der Waals surface area (Å²) in [7, 11) is 1.40. The van der Waals surface area contributed by atoms with Crippen molar-refractivity contribution in [3.63, 3.8) is 0 Å². The molecular formula is C22H17ClF4N8O2. The first-order valence-electron chi connectivity index (χ1n) is 10.5. The van der Waals surface area contributed by atoms with Crippen molar-refractivity contribution in [3.05, 3.63) is 81.6 Å². The summed E-state index contributed by atoms with van der Waals surface area (Å²) in [6, 6.07) is 9.45. The molecule has 10 nitrogen and oxygen atoms in total. The lowest BCUT2D eigenvalue weighted by Gasteiger charge is -2.14. The van der Waals surface area contributed by atoms with E-state index in [-0.39, 0.29) is 33.3 Å². The topological polar surface area (TPSA) is 120 Å². The molecule has 0 aliphatic heterocycles. The number of carbonyl (C=O) groups is 2. The number of nitrogens with one attached hydrogen (secondary N) is 2. The monoisotopic (exact) mass is 536 g/mol. The number of hydrogen-bond acceptors (Lipinski definition) is 6. The lowest BCUT2D eigenvalue weighted by Crippen LogP contribution is -2.23. The van der Waals surface area contributed by atoms with Crippen molar-refractivity contribution in [2.75, 3.05) is 12.4 Å². The van der Waals surface area contributed by atoms with Crippen molar-refractivity contribution in [1.29, 1.82) is 0 Å². The van der Waals surface area contributed by atoms with Gasteiger partial charge in [0.05, 0.1) is 23.5 Å². The number of aryl methyl sites for hydroxylation is 1. The Morgan fingerprint density at radius 2 is 1.84 bits per heavy atom. The first-order chi connectivity index (χ1) is 17.5.